The number of fused-ring (bicyclic) bond motifs is 1. The molecule has 0 spiro atoms. The Bertz CT molecular complexity index is 1220. The number of halogens is 1. The molecule has 0 aliphatic carbocycles. The summed E-state index contributed by atoms with van der Waals surface area (Å²) in [5.41, 5.74) is -0.0841. The zero-order valence-electron chi connectivity index (χ0n) is 13.1. The number of nitrogens with zero attached hydrogens (tertiary/aromatic N) is 2. The maximum Gasteiger partial charge on any atom is 0.286 e. The number of H-pyrrole nitrogens is 1. The molecular weight excluding hydrogens is 374 g/mol. The second-order valence-electron chi connectivity index (χ2n) is 5.49. The van der Waals surface area contributed by atoms with E-state index in [1.807, 2.05) is 0 Å². The van der Waals surface area contributed by atoms with Crippen molar-refractivity contribution >= 4 is 51.3 Å². The molecule has 1 aliphatic heterocycles. The topological polar surface area (TPSA) is 84.3 Å². The molecule has 3 aromatic rings. The Morgan fingerprint density at radius 2 is 1.69 bits per heavy atom. The molecule has 4 rings (SSSR count). The van der Waals surface area contributed by atoms with Gasteiger partial charge in [-0.15, -0.1) is 0 Å². The van der Waals surface area contributed by atoms with Crippen LogP contribution in [0.25, 0.3) is 16.8 Å². The number of thioether (sulfide) groups is 1. The summed E-state index contributed by atoms with van der Waals surface area (Å²) in [6.45, 7) is 0. The Balaban J connectivity index is 1.75. The molecule has 0 radical (unpaired) electrons. The fourth-order valence-corrected chi connectivity index (χ4v) is 3.54. The lowest BCUT2D eigenvalue weighted by atomic mass is 10.2. The summed E-state index contributed by atoms with van der Waals surface area (Å²) in [4.78, 5) is 41.3. The zero-order chi connectivity index (χ0) is 18.3. The van der Waals surface area contributed by atoms with Crippen LogP contribution in [-0.4, -0.2) is 20.9 Å². The number of hydrogen-bond donors (Lipinski definition) is 1. The summed E-state index contributed by atoms with van der Waals surface area (Å²) in [5, 5.41) is 3.74. The number of aromatic amines is 1. The summed E-state index contributed by atoms with van der Waals surface area (Å²) in [6.07, 6.45) is 1.66. The highest BCUT2D eigenvalue weighted by atomic mass is 35.5. The first-order valence-electron chi connectivity index (χ1n) is 7.55. The van der Waals surface area contributed by atoms with Gasteiger partial charge in [0.15, 0.2) is 5.17 Å². The molecule has 0 bridgehead atoms. The standard InChI is InChI=1S/C18H10ClN3O3S/c19-11-7-5-10(6-8-11)9-14-16(24)20-18(26-14)22-17(25)13-4-2-1-3-12(13)15(23)21-22/h1-9H,(H,21,23)/b14-9+. The third kappa shape index (κ3) is 2.91. The van der Waals surface area contributed by atoms with Gasteiger partial charge in [-0.05, 0) is 47.7 Å². The van der Waals surface area contributed by atoms with Crippen molar-refractivity contribution in [3.63, 3.8) is 0 Å². The number of rotatable bonds is 1. The summed E-state index contributed by atoms with van der Waals surface area (Å²) in [6, 6.07) is 13.5. The summed E-state index contributed by atoms with van der Waals surface area (Å²) >= 11 is 6.88. The van der Waals surface area contributed by atoms with E-state index in [2.05, 4.69) is 10.1 Å². The molecule has 26 heavy (non-hydrogen) atoms. The van der Waals surface area contributed by atoms with Crippen LogP contribution in [0.2, 0.25) is 5.02 Å². The molecule has 128 valence electrons. The molecule has 0 atom stereocenters. The van der Waals surface area contributed by atoms with Crippen molar-refractivity contribution in [2.75, 3.05) is 0 Å². The van der Waals surface area contributed by atoms with Gasteiger partial charge in [0, 0.05) is 5.02 Å². The average Bonchev–Trinajstić information content (AvgIpc) is 3.00. The summed E-state index contributed by atoms with van der Waals surface area (Å²) < 4.78 is 1.01. The molecule has 1 aromatic heterocycles. The Labute approximate surface area is 155 Å². The molecule has 0 saturated heterocycles. The number of carbonyl (C=O) groups is 1. The highest BCUT2D eigenvalue weighted by Crippen LogP contribution is 2.28. The van der Waals surface area contributed by atoms with E-state index in [-0.39, 0.29) is 10.6 Å². The van der Waals surface area contributed by atoms with Crippen LogP contribution in [-0.2, 0) is 4.79 Å². The Morgan fingerprint density at radius 1 is 1.00 bits per heavy atom. The van der Waals surface area contributed by atoms with Crippen molar-refractivity contribution in [2.45, 2.75) is 0 Å². The van der Waals surface area contributed by atoms with Crippen LogP contribution in [0.5, 0.6) is 0 Å². The number of aliphatic imine (C=N–C) groups is 1. The number of nitrogens with one attached hydrogen (secondary N) is 1. The number of amides is 1. The van der Waals surface area contributed by atoms with Gasteiger partial charge in [0.1, 0.15) is 0 Å². The fraction of sp³-hybridized carbons (Fsp3) is 0. The molecule has 1 aliphatic rings. The SMILES string of the molecule is O=C1N=C(n2[nH]c(=O)c3ccccc3c2=O)S/C1=C/c1ccc(Cl)cc1. The molecular formula is C18H10ClN3O3S. The largest absolute Gasteiger partial charge is 0.286 e. The van der Waals surface area contributed by atoms with Crippen LogP contribution in [0.4, 0.5) is 0 Å². The molecule has 6 nitrogen and oxygen atoms in total. The molecule has 8 heteroatoms. The van der Waals surface area contributed by atoms with Crippen molar-refractivity contribution in [3.05, 3.63) is 84.7 Å². The highest BCUT2D eigenvalue weighted by Gasteiger charge is 2.25. The Morgan fingerprint density at radius 3 is 2.42 bits per heavy atom. The van der Waals surface area contributed by atoms with Crippen molar-refractivity contribution in [1.82, 2.24) is 9.78 Å². The van der Waals surface area contributed by atoms with Crippen molar-refractivity contribution < 1.29 is 4.79 Å². The number of benzene rings is 2. The van der Waals surface area contributed by atoms with Gasteiger partial charge in [-0.25, -0.2) is 0 Å². The lowest BCUT2D eigenvalue weighted by molar-refractivity contribution is -0.113. The minimum absolute atomic E-state index is 0.114. The monoisotopic (exact) mass is 383 g/mol. The van der Waals surface area contributed by atoms with Crippen molar-refractivity contribution in [3.8, 4) is 0 Å². The second-order valence-corrected chi connectivity index (χ2v) is 6.93. The minimum atomic E-state index is -0.471. The molecule has 1 amide bonds. The van der Waals surface area contributed by atoms with Crippen LogP contribution in [0, 0.1) is 0 Å². The summed E-state index contributed by atoms with van der Waals surface area (Å²) in [5.74, 6) is -0.471. The number of hydrogen-bond acceptors (Lipinski definition) is 4. The van der Waals surface area contributed by atoms with Crippen molar-refractivity contribution in [1.29, 1.82) is 0 Å². The molecule has 0 fully saturated rings. The lowest BCUT2D eigenvalue weighted by Gasteiger charge is -2.05. The number of aromatic nitrogens is 2. The third-order valence-electron chi connectivity index (χ3n) is 3.79. The predicted octanol–water partition coefficient (Wildman–Crippen LogP) is 2.86. The normalized spacial score (nSPS) is 15.7. The Kier molecular flexibility index (Phi) is 4.10. The van der Waals surface area contributed by atoms with Gasteiger partial charge in [0.05, 0.1) is 15.7 Å². The van der Waals surface area contributed by atoms with Gasteiger partial charge in [0.2, 0.25) is 0 Å². The van der Waals surface area contributed by atoms with E-state index in [1.165, 1.54) is 0 Å². The second kappa shape index (κ2) is 6.44. The molecule has 2 heterocycles. The van der Waals surface area contributed by atoms with Gasteiger partial charge < -0.3 is 0 Å². The minimum Gasteiger partial charge on any atom is -0.267 e. The van der Waals surface area contributed by atoms with E-state index in [1.54, 1.807) is 54.6 Å². The van der Waals surface area contributed by atoms with E-state index < -0.39 is 17.0 Å². The maximum atomic E-state index is 12.6. The van der Waals surface area contributed by atoms with E-state index in [4.69, 9.17) is 11.6 Å². The van der Waals surface area contributed by atoms with E-state index in [0.29, 0.717) is 15.3 Å². The lowest BCUT2D eigenvalue weighted by Crippen LogP contribution is -2.33. The van der Waals surface area contributed by atoms with Gasteiger partial charge in [-0.2, -0.15) is 9.67 Å². The van der Waals surface area contributed by atoms with Crippen molar-refractivity contribution in [2.24, 2.45) is 4.99 Å². The Hall–Kier alpha value is -2.90. The molecule has 2 aromatic carbocycles. The first-order chi connectivity index (χ1) is 12.5. The van der Waals surface area contributed by atoms with Crippen LogP contribution in [0.1, 0.15) is 5.56 Å². The van der Waals surface area contributed by atoms with Crippen LogP contribution >= 0.6 is 23.4 Å². The first kappa shape index (κ1) is 16.6. The predicted molar refractivity (Wildman–Crippen MR) is 104 cm³/mol. The van der Waals surface area contributed by atoms with Gasteiger partial charge in [-0.1, -0.05) is 35.9 Å². The average molecular weight is 384 g/mol. The van der Waals surface area contributed by atoms with Crippen LogP contribution in [0.15, 0.2) is 68.0 Å². The van der Waals surface area contributed by atoms with E-state index in [9.17, 15) is 14.4 Å². The number of carbonyl (C=O) groups excluding carboxylic acids is 1. The van der Waals surface area contributed by atoms with Crippen LogP contribution < -0.4 is 11.1 Å². The highest BCUT2D eigenvalue weighted by molar-refractivity contribution is 8.18. The summed E-state index contributed by atoms with van der Waals surface area (Å²) in [7, 11) is 0. The van der Waals surface area contributed by atoms with Crippen LogP contribution in [0.3, 0.4) is 0 Å². The molecule has 1 N–H and O–H groups in total. The third-order valence-corrected chi connectivity index (χ3v) is 5.01. The zero-order valence-corrected chi connectivity index (χ0v) is 14.7. The quantitative estimate of drug-likeness (QED) is 0.655. The molecule has 0 unspecified atom stereocenters. The van der Waals surface area contributed by atoms with Gasteiger partial charge >= 0.3 is 0 Å². The van der Waals surface area contributed by atoms with E-state index in [0.717, 1.165) is 22.0 Å². The first-order valence-corrected chi connectivity index (χ1v) is 8.75. The van der Waals surface area contributed by atoms with Gasteiger partial charge in [-0.3, -0.25) is 19.5 Å². The fourth-order valence-electron chi connectivity index (χ4n) is 2.54. The van der Waals surface area contributed by atoms with Gasteiger partial charge in [0.25, 0.3) is 17.0 Å². The van der Waals surface area contributed by atoms with E-state index >= 15 is 0 Å². The molecule has 0 saturated carbocycles. The smallest absolute Gasteiger partial charge is 0.267 e. The maximum absolute atomic E-state index is 12.6.